The Morgan fingerprint density at radius 1 is 1.13 bits per heavy atom. The standard InChI is InChI=1S/C22H23ClN2O4S2/c23-22-25-14-16(30-22)13-24-19-11-10-17(31(26,27)28)12-21(19)29-20-9-5-4-8-18(20)15-6-2-1-3-7-15/h4-5,8-12,14-15,24H,1-3,6-7,13H2,(H,26,27,28). The maximum Gasteiger partial charge on any atom is 0.294 e. The minimum absolute atomic E-state index is 0.218. The van der Waals surface area contributed by atoms with Crippen LogP contribution in [0.1, 0.15) is 48.5 Å². The molecule has 164 valence electrons. The summed E-state index contributed by atoms with van der Waals surface area (Å²) in [7, 11) is -4.36. The Balaban J connectivity index is 1.65. The lowest BCUT2D eigenvalue weighted by Crippen LogP contribution is -2.07. The summed E-state index contributed by atoms with van der Waals surface area (Å²) in [4.78, 5) is 4.74. The van der Waals surface area contributed by atoms with Gasteiger partial charge in [0.2, 0.25) is 0 Å². The second-order valence-electron chi connectivity index (χ2n) is 7.54. The van der Waals surface area contributed by atoms with Crippen LogP contribution in [0.25, 0.3) is 0 Å². The van der Waals surface area contributed by atoms with Crippen molar-refractivity contribution >= 4 is 38.7 Å². The van der Waals surface area contributed by atoms with Gasteiger partial charge in [-0.3, -0.25) is 4.55 Å². The quantitative estimate of drug-likeness (QED) is 0.377. The second-order valence-corrected chi connectivity index (χ2v) is 10.7. The van der Waals surface area contributed by atoms with Crippen LogP contribution in [0.2, 0.25) is 4.47 Å². The molecule has 0 amide bonds. The Kier molecular flexibility index (Phi) is 6.81. The molecule has 4 rings (SSSR count). The number of para-hydroxylation sites is 1. The van der Waals surface area contributed by atoms with Crippen molar-refractivity contribution in [2.45, 2.75) is 49.5 Å². The van der Waals surface area contributed by atoms with Crippen molar-refractivity contribution in [1.82, 2.24) is 4.98 Å². The van der Waals surface area contributed by atoms with Gasteiger partial charge in [0.1, 0.15) is 5.75 Å². The lowest BCUT2D eigenvalue weighted by Gasteiger charge is -2.24. The topological polar surface area (TPSA) is 88.5 Å². The lowest BCUT2D eigenvalue weighted by atomic mass is 9.84. The molecule has 6 nitrogen and oxygen atoms in total. The summed E-state index contributed by atoms with van der Waals surface area (Å²) < 4.78 is 39.6. The van der Waals surface area contributed by atoms with E-state index in [-0.39, 0.29) is 4.90 Å². The lowest BCUT2D eigenvalue weighted by molar-refractivity contribution is 0.418. The van der Waals surface area contributed by atoms with Crippen LogP contribution in [-0.4, -0.2) is 18.0 Å². The summed E-state index contributed by atoms with van der Waals surface area (Å²) in [5.41, 5.74) is 1.73. The Morgan fingerprint density at radius 3 is 2.61 bits per heavy atom. The first-order chi connectivity index (χ1) is 14.9. The summed E-state index contributed by atoms with van der Waals surface area (Å²) in [6, 6.07) is 12.1. The molecule has 1 aliphatic carbocycles. The van der Waals surface area contributed by atoms with E-state index in [0.29, 0.717) is 34.1 Å². The normalized spacial score (nSPS) is 15.0. The largest absolute Gasteiger partial charge is 0.455 e. The highest BCUT2D eigenvalue weighted by Gasteiger charge is 2.21. The fourth-order valence-corrected chi connectivity index (χ4v) is 5.30. The Bertz CT molecular complexity index is 1160. The smallest absolute Gasteiger partial charge is 0.294 e. The minimum atomic E-state index is -4.36. The predicted molar refractivity (Wildman–Crippen MR) is 123 cm³/mol. The van der Waals surface area contributed by atoms with Crippen LogP contribution < -0.4 is 10.1 Å². The Hall–Kier alpha value is -2.13. The van der Waals surface area contributed by atoms with Crippen LogP contribution in [0, 0.1) is 0 Å². The number of nitrogens with zero attached hydrogens (tertiary/aromatic N) is 1. The van der Waals surface area contributed by atoms with Crippen LogP contribution in [0.5, 0.6) is 11.5 Å². The van der Waals surface area contributed by atoms with Gasteiger partial charge in [-0.1, -0.05) is 49.1 Å². The van der Waals surface area contributed by atoms with Crippen LogP contribution in [0.4, 0.5) is 5.69 Å². The molecule has 2 N–H and O–H groups in total. The first kappa shape index (κ1) is 22.1. The van der Waals surface area contributed by atoms with Crippen LogP contribution in [0.3, 0.4) is 0 Å². The average molecular weight is 479 g/mol. The van der Waals surface area contributed by atoms with Crippen LogP contribution in [-0.2, 0) is 16.7 Å². The summed E-state index contributed by atoms with van der Waals surface area (Å²) in [6.45, 7) is 0.455. The number of halogens is 1. The van der Waals surface area contributed by atoms with Crippen LogP contribution >= 0.6 is 22.9 Å². The van der Waals surface area contributed by atoms with Gasteiger partial charge < -0.3 is 10.1 Å². The van der Waals surface area contributed by atoms with Gasteiger partial charge in [0.15, 0.2) is 10.2 Å². The zero-order valence-corrected chi connectivity index (χ0v) is 19.1. The number of hydrogen-bond acceptors (Lipinski definition) is 6. The van der Waals surface area contributed by atoms with Crippen molar-refractivity contribution in [2.24, 2.45) is 0 Å². The van der Waals surface area contributed by atoms with Gasteiger partial charge in [-0.25, -0.2) is 4.98 Å². The third-order valence-corrected chi connectivity index (χ3v) is 7.38. The van der Waals surface area contributed by atoms with Gasteiger partial charge in [-0.15, -0.1) is 11.3 Å². The number of benzene rings is 2. The van der Waals surface area contributed by atoms with E-state index < -0.39 is 10.1 Å². The molecular weight excluding hydrogens is 456 g/mol. The monoisotopic (exact) mass is 478 g/mol. The summed E-state index contributed by atoms with van der Waals surface area (Å²) >= 11 is 7.26. The van der Waals surface area contributed by atoms with Gasteiger partial charge in [-0.2, -0.15) is 8.42 Å². The fourth-order valence-electron chi connectivity index (χ4n) is 3.88. The van der Waals surface area contributed by atoms with Crippen molar-refractivity contribution in [3.8, 4) is 11.5 Å². The molecule has 3 aromatic rings. The minimum Gasteiger partial charge on any atom is -0.455 e. The second kappa shape index (κ2) is 9.56. The molecule has 1 aromatic heterocycles. The number of ether oxygens (including phenoxy) is 1. The zero-order valence-electron chi connectivity index (χ0n) is 16.8. The Morgan fingerprint density at radius 2 is 1.90 bits per heavy atom. The van der Waals surface area contributed by atoms with Gasteiger partial charge in [0.05, 0.1) is 17.1 Å². The molecule has 1 aliphatic rings. The van der Waals surface area contributed by atoms with Crippen molar-refractivity contribution in [3.05, 3.63) is 63.6 Å². The van der Waals surface area contributed by atoms with E-state index in [9.17, 15) is 13.0 Å². The number of anilines is 1. The number of thiazole rings is 1. The first-order valence-corrected chi connectivity index (χ1v) is 12.8. The van der Waals surface area contributed by atoms with Gasteiger partial charge >= 0.3 is 0 Å². The third-order valence-electron chi connectivity index (χ3n) is 5.41. The van der Waals surface area contributed by atoms with E-state index in [4.69, 9.17) is 16.3 Å². The maximum absolute atomic E-state index is 11.7. The molecule has 0 unspecified atom stereocenters. The van der Waals surface area contributed by atoms with Gasteiger partial charge in [0, 0.05) is 17.1 Å². The summed E-state index contributed by atoms with van der Waals surface area (Å²) in [6.07, 6.45) is 7.56. The molecule has 0 spiro atoms. The number of rotatable bonds is 7. The average Bonchev–Trinajstić information content (AvgIpc) is 3.18. The molecule has 1 saturated carbocycles. The van der Waals surface area contributed by atoms with Crippen LogP contribution in [0.15, 0.2) is 53.6 Å². The first-order valence-electron chi connectivity index (χ1n) is 10.1. The van der Waals surface area contributed by atoms with E-state index in [0.717, 1.165) is 23.3 Å². The molecule has 9 heteroatoms. The van der Waals surface area contributed by atoms with E-state index in [2.05, 4.69) is 16.4 Å². The molecular formula is C22H23ClN2O4S2. The van der Waals surface area contributed by atoms with Gasteiger partial charge in [0.25, 0.3) is 10.1 Å². The molecule has 2 aromatic carbocycles. The van der Waals surface area contributed by atoms with Gasteiger partial charge in [-0.05, 0) is 42.5 Å². The highest BCUT2D eigenvalue weighted by molar-refractivity contribution is 7.85. The van der Waals surface area contributed by atoms with Crippen molar-refractivity contribution < 1.29 is 17.7 Å². The van der Waals surface area contributed by atoms with Crippen molar-refractivity contribution in [2.75, 3.05) is 5.32 Å². The predicted octanol–water partition coefficient (Wildman–Crippen LogP) is 6.50. The molecule has 0 bridgehead atoms. The highest BCUT2D eigenvalue weighted by Crippen LogP contribution is 2.40. The highest BCUT2D eigenvalue weighted by atomic mass is 35.5. The van der Waals surface area contributed by atoms with E-state index in [1.165, 1.54) is 42.7 Å². The molecule has 1 heterocycles. The number of aromatic nitrogens is 1. The fraction of sp³-hybridized carbons (Fsp3) is 0.318. The zero-order chi connectivity index (χ0) is 21.8. The number of hydrogen-bond donors (Lipinski definition) is 2. The molecule has 0 saturated heterocycles. The molecule has 1 fully saturated rings. The van der Waals surface area contributed by atoms with Crippen molar-refractivity contribution in [1.29, 1.82) is 0 Å². The Labute approximate surface area is 191 Å². The van der Waals surface area contributed by atoms with E-state index in [1.807, 2.05) is 18.2 Å². The summed E-state index contributed by atoms with van der Waals surface area (Å²) in [5.74, 6) is 1.45. The molecule has 31 heavy (non-hydrogen) atoms. The third kappa shape index (κ3) is 5.57. The maximum atomic E-state index is 11.7. The van der Waals surface area contributed by atoms with E-state index >= 15 is 0 Å². The molecule has 0 atom stereocenters. The molecule has 0 radical (unpaired) electrons. The SMILES string of the molecule is O=S(=O)(O)c1ccc(NCc2cnc(Cl)s2)c(Oc2ccccc2C2CCCCC2)c1. The molecule has 0 aliphatic heterocycles. The van der Waals surface area contributed by atoms with E-state index in [1.54, 1.807) is 12.3 Å². The summed E-state index contributed by atoms with van der Waals surface area (Å²) in [5, 5.41) is 3.25. The number of nitrogens with one attached hydrogen (secondary N) is 1. The van der Waals surface area contributed by atoms with Crippen molar-refractivity contribution in [3.63, 3.8) is 0 Å².